The van der Waals surface area contributed by atoms with Crippen LogP contribution in [0.3, 0.4) is 0 Å². The fraction of sp³-hybridized carbons (Fsp3) is 0.529. The molecule has 5 heteroatoms. The van der Waals surface area contributed by atoms with Gasteiger partial charge in [-0.1, -0.05) is 32.3 Å². The number of rotatable bonds is 6. The molecular weight excluding hydrogens is 298 g/mol. The summed E-state index contributed by atoms with van der Waals surface area (Å²) < 4.78 is 0. The second-order valence-corrected chi connectivity index (χ2v) is 7.18. The highest BCUT2D eigenvalue weighted by atomic mass is 32.2. The highest BCUT2D eigenvalue weighted by Crippen LogP contribution is 2.32. The molecule has 1 aromatic rings. The fourth-order valence-electron chi connectivity index (χ4n) is 2.73. The summed E-state index contributed by atoms with van der Waals surface area (Å²) in [5, 5.41) is 12.4. The van der Waals surface area contributed by atoms with E-state index in [1.807, 2.05) is 6.92 Å². The Kier molecular flexibility index (Phi) is 6.31. The number of hydrogen-bond acceptors (Lipinski definition) is 3. The van der Waals surface area contributed by atoms with E-state index >= 15 is 0 Å². The Morgan fingerprint density at radius 3 is 2.68 bits per heavy atom. The molecule has 0 aliphatic heterocycles. The molecule has 0 aromatic heterocycles. The predicted molar refractivity (Wildman–Crippen MR) is 90.6 cm³/mol. The van der Waals surface area contributed by atoms with Crippen LogP contribution >= 0.6 is 11.8 Å². The Labute approximate surface area is 135 Å². The van der Waals surface area contributed by atoms with Gasteiger partial charge in [-0.05, 0) is 37.5 Å². The van der Waals surface area contributed by atoms with E-state index in [-0.39, 0.29) is 16.7 Å². The van der Waals surface area contributed by atoms with Gasteiger partial charge >= 0.3 is 5.97 Å². The van der Waals surface area contributed by atoms with E-state index in [2.05, 4.69) is 5.32 Å². The number of carbonyl (C=O) groups is 2. The largest absolute Gasteiger partial charge is 0.478 e. The van der Waals surface area contributed by atoms with Gasteiger partial charge in [-0.25, -0.2) is 4.79 Å². The minimum atomic E-state index is -0.986. The molecule has 22 heavy (non-hydrogen) atoms. The van der Waals surface area contributed by atoms with Crippen LogP contribution in [0.5, 0.6) is 0 Å². The van der Waals surface area contributed by atoms with Crippen molar-refractivity contribution in [3.05, 3.63) is 29.8 Å². The van der Waals surface area contributed by atoms with Crippen LogP contribution in [0.15, 0.2) is 24.3 Å². The lowest BCUT2D eigenvalue weighted by Crippen LogP contribution is -2.27. The Morgan fingerprint density at radius 1 is 1.32 bits per heavy atom. The molecule has 0 spiro atoms. The number of aromatic carboxylic acids is 1. The maximum Gasteiger partial charge on any atom is 0.335 e. The second kappa shape index (κ2) is 8.22. The average Bonchev–Trinajstić information content (AvgIpc) is 2.53. The highest BCUT2D eigenvalue weighted by molar-refractivity contribution is 8.01. The minimum absolute atomic E-state index is 0.0272. The third kappa shape index (κ3) is 4.77. The number of carbonyl (C=O) groups excluding carboxylic acids is 1. The Balaban J connectivity index is 1.96. The molecule has 1 atom stereocenters. The molecule has 1 unspecified atom stereocenters. The number of amides is 1. The zero-order valence-electron chi connectivity index (χ0n) is 12.9. The summed E-state index contributed by atoms with van der Waals surface area (Å²) in [5.74, 6) is -1.01. The number of carboxylic acids is 1. The molecule has 1 aliphatic carbocycles. The lowest BCUT2D eigenvalue weighted by atomic mass is 10.0. The van der Waals surface area contributed by atoms with Gasteiger partial charge in [-0.2, -0.15) is 0 Å². The molecule has 1 amide bonds. The van der Waals surface area contributed by atoms with Crippen molar-refractivity contribution in [2.45, 2.75) is 55.9 Å². The van der Waals surface area contributed by atoms with E-state index in [9.17, 15) is 9.59 Å². The lowest BCUT2D eigenvalue weighted by molar-refractivity contribution is -0.115. The molecule has 2 N–H and O–H groups in total. The molecule has 120 valence electrons. The maximum atomic E-state index is 12.4. The molecule has 2 rings (SSSR count). The van der Waals surface area contributed by atoms with Crippen molar-refractivity contribution in [3.8, 4) is 0 Å². The van der Waals surface area contributed by atoms with Gasteiger partial charge < -0.3 is 10.4 Å². The quantitative estimate of drug-likeness (QED) is 0.825. The third-order valence-corrected chi connectivity index (χ3v) is 5.68. The van der Waals surface area contributed by atoms with Gasteiger partial charge in [-0.3, -0.25) is 4.79 Å². The molecule has 0 radical (unpaired) electrons. The molecule has 0 bridgehead atoms. The summed E-state index contributed by atoms with van der Waals surface area (Å²) >= 11 is 1.78. The number of nitrogens with one attached hydrogen (secondary N) is 1. The van der Waals surface area contributed by atoms with Crippen molar-refractivity contribution < 1.29 is 14.7 Å². The first-order valence-corrected chi connectivity index (χ1v) is 8.84. The van der Waals surface area contributed by atoms with Crippen LogP contribution in [-0.4, -0.2) is 27.5 Å². The molecule has 1 aromatic carbocycles. The fourth-order valence-corrected chi connectivity index (χ4v) is 4.17. The lowest BCUT2D eigenvalue weighted by Gasteiger charge is -2.25. The molecule has 4 nitrogen and oxygen atoms in total. The van der Waals surface area contributed by atoms with E-state index in [1.54, 1.807) is 23.9 Å². The summed E-state index contributed by atoms with van der Waals surface area (Å²) in [7, 11) is 0. The summed E-state index contributed by atoms with van der Waals surface area (Å²) in [4.78, 5) is 23.4. The van der Waals surface area contributed by atoms with E-state index in [1.165, 1.54) is 44.2 Å². The first-order valence-electron chi connectivity index (χ1n) is 7.90. The van der Waals surface area contributed by atoms with Gasteiger partial charge in [-0.15, -0.1) is 11.8 Å². The third-order valence-electron chi connectivity index (χ3n) is 3.95. The standard InChI is InChI=1S/C17H23NO3S/c1-2-15(22-14-9-4-3-5-10-14)16(19)18-13-8-6-7-12(11-13)17(20)21/h6-8,11,14-15H,2-5,9-10H2,1H3,(H,18,19)(H,20,21). The van der Waals surface area contributed by atoms with Crippen LogP contribution in [0.25, 0.3) is 0 Å². The van der Waals surface area contributed by atoms with Crippen molar-refractivity contribution in [2.24, 2.45) is 0 Å². The highest BCUT2D eigenvalue weighted by Gasteiger charge is 2.23. The van der Waals surface area contributed by atoms with E-state index < -0.39 is 5.97 Å². The molecular formula is C17H23NO3S. The Hall–Kier alpha value is -1.49. The molecule has 1 saturated carbocycles. The van der Waals surface area contributed by atoms with Crippen molar-refractivity contribution in [2.75, 3.05) is 5.32 Å². The van der Waals surface area contributed by atoms with Gasteiger partial charge in [0.25, 0.3) is 0 Å². The van der Waals surface area contributed by atoms with E-state index in [4.69, 9.17) is 5.11 Å². The number of hydrogen-bond donors (Lipinski definition) is 2. The molecule has 1 fully saturated rings. The van der Waals surface area contributed by atoms with Crippen LogP contribution < -0.4 is 5.32 Å². The van der Waals surface area contributed by atoms with Gasteiger partial charge in [0.15, 0.2) is 0 Å². The second-order valence-electron chi connectivity index (χ2n) is 5.67. The molecule has 0 saturated heterocycles. The Morgan fingerprint density at radius 2 is 2.05 bits per heavy atom. The number of benzene rings is 1. The average molecular weight is 321 g/mol. The summed E-state index contributed by atoms with van der Waals surface area (Å²) in [6, 6.07) is 6.39. The van der Waals surface area contributed by atoms with Crippen molar-refractivity contribution in [1.82, 2.24) is 0 Å². The van der Waals surface area contributed by atoms with Gasteiger partial charge in [0.05, 0.1) is 10.8 Å². The van der Waals surface area contributed by atoms with E-state index in [0.717, 1.165) is 6.42 Å². The molecule has 0 heterocycles. The zero-order valence-corrected chi connectivity index (χ0v) is 13.7. The van der Waals surface area contributed by atoms with Crippen LogP contribution in [0, 0.1) is 0 Å². The number of carboxylic acid groups (broad SMARTS) is 1. The molecule has 1 aliphatic rings. The predicted octanol–water partition coefficient (Wildman–Crippen LogP) is 4.17. The number of thioether (sulfide) groups is 1. The Bertz CT molecular complexity index is 526. The number of anilines is 1. The summed E-state index contributed by atoms with van der Waals surface area (Å²) in [6.45, 7) is 2.02. The zero-order chi connectivity index (χ0) is 15.9. The van der Waals surface area contributed by atoms with Crippen molar-refractivity contribution in [3.63, 3.8) is 0 Å². The van der Waals surface area contributed by atoms with Gasteiger partial charge in [0.2, 0.25) is 5.91 Å². The first kappa shape index (κ1) is 16.9. The van der Waals surface area contributed by atoms with Crippen LogP contribution in [0.1, 0.15) is 55.8 Å². The van der Waals surface area contributed by atoms with Crippen molar-refractivity contribution >= 4 is 29.3 Å². The minimum Gasteiger partial charge on any atom is -0.478 e. The maximum absolute atomic E-state index is 12.4. The van der Waals surface area contributed by atoms with Crippen LogP contribution in [-0.2, 0) is 4.79 Å². The van der Waals surface area contributed by atoms with Crippen LogP contribution in [0.4, 0.5) is 5.69 Å². The normalized spacial score (nSPS) is 17.0. The van der Waals surface area contributed by atoms with Crippen molar-refractivity contribution in [1.29, 1.82) is 0 Å². The monoisotopic (exact) mass is 321 g/mol. The SMILES string of the molecule is CCC(SC1CCCCC1)C(=O)Nc1cccc(C(=O)O)c1. The first-order chi connectivity index (χ1) is 10.6. The summed E-state index contributed by atoms with van der Waals surface area (Å²) in [5.41, 5.74) is 0.735. The van der Waals surface area contributed by atoms with Crippen LogP contribution in [0.2, 0.25) is 0 Å². The summed E-state index contributed by atoms with van der Waals surface area (Å²) in [6.07, 6.45) is 7.01. The topological polar surface area (TPSA) is 66.4 Å². The van der Waals surface area contributed by atoms with E-state index in [0.29, 0.717) is 10.9 Å². The van der Waals surface area contributed by atoms with Gasteiger partial charge in [0, 0.05) is 10.9 Å². The smallest absolute Gasteiger partial charge is 0.335 e. The van der Waals surface area contributed by atoms with Gasteiger partial charge in [0.1, 0.15) is 0 Å².